The average Bonchev–Trinajstić information content (AvgIpc) is 3.60. The van der Waals surface area contributed by atoms with E-state index in [-0.39, 0.29) is 48.0 Å². The Morgan fingerprint density at radius 3 is 2.45 bits per heavy atom. The van der Waals surface area contributed by atoms with Crippen LogP contribution >= 0.6 is 11.8 Å². The molecule has 1 N–H and O–H groups in total. The number of allylic oxidation sites excluding steroid dienone is 1. The van der Waals surface area contributed by atoms with Crippen molar-refractivity contribution in [1.82, 2.24) is 20.0 Å². The number of nitrogens with one attached hydrogen (secondary N) is 1. The summed E-state index contributed by atoms with van der Waals surface area (Å²) in [5.41, 5.74) is -2.87. The molecule has 1 atom stereocenters. The first kappa shape index (κ1) is 34.3. The molecule has 0 bridgehead atoms. The van der Waals surface area contributed by atoms with Gasteiger partial charge in [-0.1, -0.05) is 12.1 Å². The van der Waals surface area contributed by atoms with Gasteiger partial charge in [0.2, 0.25) is 0 Å². The second kappa shape index (κ2) is 12.9. The van der Waals surface area contributed by atoms with E-state index in [9.17, 15) is 35.9 Å². The van der Waals surface area contributed by atoms with E-state index in [2.05, 4.69) is 15.2 Å². The molecule has 47 heavy (non-hydrogen) atoms. The van der Waals surface area contributed by atoms with Crippen molar-refractivity contribution in [2.75, 3.05) is 33.4 Å². The van der Waals surface area contributed by atoms with Crippen LogP contribution in [-0.4, -0.2) is 82.2 Å². The number of nitrogens with zero attached hydrogens (tertiary/aromatic N) is 4. The number of aromatic amines is 1. The first-order valence-corrected chi connectivity index (χ1v) is 15.2. The maximum atomic E-state index is 14.1. The monoisotopic (exact) mass is 683 g/mol. The van der Waals surface area contributed by atoms with Crippen molar-refractivity contribution in [3.63, 3.8) is 0 Å². The van der Waals surface area contributed by atoms with Crippen molar-refractivity contribution in [3.8, 4) is 0 Å². The molecule has 2 amide bonds. The SMILES string of the molecule is COC[C@@H]1CN(C2=NC(=O)C(=C(Cc3ccc(C(F)(F)F)cc3C(F)(F)F)c3ccc4[nH]ncc4c3)S2)CCN1C(=O)OC(C)(C)C. The zero-order valence-corrected chi connectivity index (χ0v) is 26.6. The van der Waals surface area contributed by atoms with Crippen LogP contribution in [0.2, 0.25) is 0 Å². The molecule has 1 saturated heterocycles. The van der Waals surface area contributed by atoms with Crippen molar-refractivity contribution in [2.45, 2.75) is 51.2 Å². The Morgan fingerprint density at radius 1 is 1.04 bits per heavy atom. The standard InChI is InChI=1S/C31H31F6N5O4S/c1-29(2,3)46-28(44)42-10-9-41(15-21(42)16-45-4)27-39-26(43)25(47-27)22(17-6-8-24-19(11-17)14-38-40-24)12-18-5-7-20(30(32,33)34)13-23(18)31(35,36)37/h5-8,11,13-14,21H,9-10,12,15-16H2,1-4H3,(H,38,40)/t21-/m0/s1. The van der Waals surface area contributed by atoms with E-state index in [1.54, 1.807) is 48.8 Å². The fraction of sp³-hybridized carbons (Fsp3) is 0.419. The normalized spacial score (nSPS) is 19.0. The molecule has 1 aromatic heterocycles. The molecule has 252 valence electrons. The molecule has 0 radical (unpaired) electrons. The Morgan fingerprint density at radius 2 is 1.79 bits per heavy atom. The van der Waals surface area contributed by atoms with Crippen molar-refractivity contribution < 1.29 is 45.4 Å². The van der Waals surface area contributed by atoms with Gasteiger partial charge in [-0.2, -0.15) is 36.4 Å². The van der Waals surface area contributed by atoms with Gasteiger partial charge in [-0.15, -0.1) is 0 Å². The number of piperazine rings is 1. The van der Waals surface area contributed by atoms with Crippen LogP contribution in [0.15, 0.2) is 52.5 Å². The first-order valence-electron chi connectivity index (χ1n) is 14.4. The number of fused-ring (bicyclic) bond motifs is 1. The van der Waals surface area contributed by atoms with Gasteiger partial charge in [-0.3, -0.25) is 14.8 Å². The number of carbonyl (C=O) groups is 2. The molecule has 1 fully saturated rings. The number of halogens is 6. The van der Waals surface area contributed by atoms with E-state index in [0.717, 1.165) is 17.8 Å². The van der Waals surface area contributed by atoms with E-state index >= 15 is 0 Å². The minimum absolute atomic E-state index is 0.0359. The van der Waals surface area contributed by atoms with E-state index in [0.29, 0.717) is 22.5 Å². The molecule has 3 aromatic rings. The lowest BCUT2D eigenvalue weighted by Gasteiger charge is -2.41. The number of hydrogen-bond donors (Lipinski definition) is 1. The van der Waals surface area contributed by atoms with Crippen molar-refractivity contribution in [1.29, 1.82) is 0 Å². The predicted octanol–water partition coefficient (Wildman–Crippen LogP) is 6.75. The smallest absolute Gasteiger partial charge is 0.416 e. The Kier molecular flexibility index (Phi) is 9.38. The molecule has 0 unspecified atom stereocenters. The van der Waals surface area contributed by atoms with Gasteiger partial charge in [0, 0.05) is 32.1 Å². The lowest BCUT2D eigenvalue weighted by atomic mass is 9.92. The molecule has 0 spiro atoms. The van der Waals surface area contributed by atoms with Crippen molar-refractivity contribution in [2.24, 2.45) is 4.99 Å². The van der Waals surface area contributed by atoms with Gasteiger partial charge in [-0.05, 0) is 79.9 Å². The summed E-state index contributed by atoms with van der Waals surface area (Å²) in [5.74, 6) is -0.703. The molecule has 0 aliphatic carbocycles. The summed E-state index contributed by atoms with van der Waals surface area (Å²) in [6, 6.07) is 5.89. The lowest BCUT2D eigenvalue weighted by molar-refractivity contribution is -0.143. The summed E-state index contributed by atoms with van der Waals surface area (Å²) in [4.78, 5) is 33.9. The molecule has 2 aromatic carbocycles. The van der Waals surface area contributed by atoms with Crippen LogP contribution < -0.4 is 0 Å². The van der Waals surface area contributed by atoms with Gasteiger partial charge in [0.25, 0.3) is 5.91 Å². The number of carbonyl (C=O) groups excluding carboxylic acids is 2. The number of alkyl halides is 6. The number of aliphatic imine (C=N–C) groups is 1. The zero-order chi connectivity index (χ0) is 34.3. The third-order valence-corrected chi connectivity index (χ3v) is 8.65. The number of H-pyrrole nitrogens is 1. The highest BCUT2D eigenvalue weighted by Crippen LogP contribution is 2.42. The summed E-state index contributed by atoms with van der Waals surface area (Å²) in [7, 11) is 1.48. The fourth-order valence-electron chi connectivity index (χ4n) is 5.35. The molecule has 2 aliphatic rings. The van der Waals surface area contributed by atoms with Gasteiger partial charge in [0.1, 0.15) is 5.60 Å². The second-order valence-corrected chi connectivity index (χ2v) is 13.0. The number of rotatable bonds is 5. The first-order chi connectivity index (χ1) is 21.9. The Hall–Kier alpha value is -4.05. The van der Waals surface area contributed by atoms with E-state index in [4.69, 9.17) is 9.47 Å². The van der Waals surface area contributed by atoms with Gasteiger partial charge >= 0.3 is 18.4 Å². The van der Waals surface area contributed by atoms with Crippen LogP contribution in [-0.2, 0) is 33.0 Å². The minimum atomic E-state index is -5.10. The molecule has 9 nitrogen and oxygen atoms in total. The zero-order valence-electron chi connectivity index (χ0n) is 25.8. The van der Waals surface area contributed by atoms with Crippen molar-refractivity contribution >= 4 is 45.4 Å². The number of ether oxygens (including phenoxy) is 2. The van der Waals surface area contributed by atoms with E-state index in [1.807, 2.05) is 0 Å². The maximum Gasteiger partial charge on any atom is 0.416 e. The summed E-state index contributed by atoms with van der Waals surface area (Å²) in [6.07, 6.45) is -9.61. The molecular weight excluding hydrogens is 652 g/mol. The average molecular weight is 684 g/mol. The number of amides is 2. The largest absolute Gasteiger partial charge is 0.444 e. The topological polar surface area (TPSA) is 100 Å². The Balaban J connectivity index is 1.51. The summed E-state index contributed by atoms with van der Waals surface area (Å²) < 4.78 is 93.4. The van der Waals surface area contributed by atoms with Crippen molar-refractivity contribution in [3.05, 3.63) is 69.8 Å². The lowest BCUT2D eigenvalue weighted by Crippen LogP contribution is -2.58. The predicted molar refractivity (Wildman–Crippen MR) is 163 cm³/mol. The number of aromatic nitrogens is 2. The van der Waals surface area contributed by atoms with Crippen LogP contribution in [0.5, 0.6) is 0 Å². The summed E-state index contributed by atoms with van der Waals surface area (Å²) in [6.45, 7) is 6.14. The van der Waals surface area contributed by atoms with Crippen LogP contribution in [0.4, 0.5) is 31.1 Å². The van der Waals surface area contributed by atoms with Gasteiger partial charge in [0.15, 0.2) is 5.17 Å². The highest BCUT2D eigenvalue weighted by atomic mass is 32.2. The Bertz CT molecular complexity index is 1740. The quantitative estimate of drug-likeness (QED) is 0.235. The van der Waals surface area contributed by atoms with Gasteiger partial charge < -0.3 is 14.4 Å². The third-order valence-electron chi connectivity index (χ3n) is 7.50. The highest BCUT2D eigenvalue weighted by molar-refractivity contribution is 8.18. The maximum absolute atomic E-state index is 14.1. The number of amidine groups is 1. The number of thioether (sulfide) groups is 1. The number of hydrogen-bond acceptors (Lipinski definition) is 7. The Labute approximate surface area is 270 Å². The fourth-order valence-corrected chi connectivity index (χ4v) is 6.40. The van der Waals surface area contributed by atoms with Crippen LogP contribution in [0.1, 0.15) is 43.0 Å². The molecule has 16 heteroatoms. The van der Waals surface area contributed by atoms with E-state index in [1.165, 1.54) is 13.3 Å². The van der Waals surface area contributed by atoms with E-state index < -0.39 is 59.1 Å². The summed E-state index contributed by atoms with van der Waals surface area (Å²) >= 11 is 0.961. The third kappa shape index (κ3) is 7.75. The molecule has 5 rings (SSSR count). The van der Waals surface area contributed by atoms with Crippen LogP contribution in [0.25, 0.3) is 16.5 Å². The molecule has 3 heterocycles. The number of methoxy groups -OCH3 is 1. The van der Waals surface area contributed by atoms with Gasteiger partial charge in [0.05, 0.1) is 40.4 Å². The highest BCUT2D eigenvalue weighted by Gasteiger charge is 2.40. The van der Waals surface area contributed by atoms with Crippen LogP contribution in [0.3, 0.4) is 0 Å². The molecule has 2 aliphatic heterocycles. The molecular formula is C31H31F6N5O4S. The molecule has 0 saturated carbocycles. The number of benzene rings is 2. The van der Waals surface area contributed by atoms with Gasteiger partial charge in [-0.25, -0.2) is 4.79 Å². The summed E-state index contributed by atoms with van der Waals surface area (Å²) in [5, 5.41) is 7.64. The van der Waals surface area contributed by atoms with Crippen LogP contribution in [0, 0.1) is 0 Å². The minimum Gasteiger partial charge on any atom is -0.444 e. The second-order valence-electron chi connectivity index (χ2n) is 12.1.